The molecule has 0 aliphatic carbocycles. The Morgan fingerprint density at radius 1 is 1.47 bits per heavy atom. The maximum atomic E-state index is 11.1. The SMILES string of the molecule is C=CC(=O)OC[Si](C)(C)C[SiH](C)CC[SiH2]CC(=C)C. The van der Waals surface area contributed by atoms with Crippen LogP contribution < -0.4 is 0 Å². The van der Waals surface area contributed by atoms with Crippen LogP contribution in [0.1, 0.15) is 6.92 Å². The molecule has 0 saturated carbocycles. The molecule has 0 saturated heterocycles. The van der Waals surface area contributed by atoms with Crippen molar-refractivity contribution in [2.24, 2.45) is 0 Å². The average Bonchev–Trinajstić information content (AvgIpc) is 2.31. The van der Waals surface area contributed by atoms with E-state index in [1.165, 1.54) is 35.4 Å². The molecule has 1 atom stereocenters. The highest BCUT2D eigenvalue weighted by molar-refractivity contribution is 6.88. The molecule has 110 valence electrons. The summed E-state index contributed by atoms with van der Waals surface area (Å²) in [4.78, 5) is 11.1. The van der Waals surface area contributed by atoms with Crippen LogP contribution in [0.5, 0.6) is 0 Å². The van der Waals surface area contributed by atoms with Crippen molar-refractivity contribution in [3.8, 4) is 0 Å². The molecule has 19 heavy (non-hydrogen) atoms. The summed E-state index contributed by atoms with van der Waals surface area (Å²) in [7, 11) is -1.88. The Morgan fingerprint density at radius 3 is 2.63 bits per heavy atom. The standard InChI is InChI=1S/C14H30O2Si3/c1-7-14(15)16-11-19(5,6)12-18(4)9-8-17-10-13(2)3/h7,18H,1-2,8-12,17H2,3-6H3. The Bertz CT molecular complexity index is 314. The van der Waals surface area contributed by atoms with Crippen molar-refractivity contribution in [2.45, 2.75) is 50.4 Å². The van der Waals surface area contributed by atoms with Gasteiger partial charge in [0.25, 0.3) is 0 Å². The second-order valence-electron chi connectivity index (χ2n) is 6.49. The zero-order valence-corrected chi connectivity index (χ0v) is 16.7. The molecule has 0 bridgehead atoms. The number of carbonyl (C=O) groups is 1. The van der Waals surface area contributed by atoms with Gasteiger partial charge in [0.1, 0.15) is 0 Å². The first-order valence-corrected chi connectivity index (χ1v) is 15.4. The van der Waals surface area contributed by atoms with E-state index in [2.05, 4.69) is 39.7 Å². The Balaban J connectivity index is 3.88. The van der Waals surface area contributed by atoms with E-state index in [0.717, 1.165) is 0 Å². The number of esters is 1. The van der Waals surface area contributed by atoms with E-state index in [-0.39, 0.29) is 15.5 Å². The van der Waals surface area contributed by atoms with Gasteiger partial charge in [-0.1, -0.05) is 49.5 Å². The molecular weight excluding hydrogens is 284 g/mol. The van der Waals surface area contributed by atoms with E-state index in [4.69, 9.17) is 4.74 Å². The first kappa shape index (κ1) is 18.6. The molecule has 0 aromatic rings. The summed E-state index contributed by atoms with van der Waals surface area (Å²) >= 11 is 0. The van der Waals surface area contributed by atoms with Crippen molar-refractivity contribution in [3.05, 3.63) is 24.8 Å². The van der Waals surface area contributed by atoms with Crippen LogP contribution in [0, 0.1) is 0 Å². The number of hydrogen-bond donors (Lipinski definition) is 0. The molecular formula is C14H30O2Si3. The summed E-state index contributed by atoms with van der Waals surface area (Å²) in [6.07, 6.45) is 1.91. The molecule has 0 amide bonds. The molecule has 1 unspecified atom stereocenters. The fourth-order valence-electron chi connectivity index (χ4n) is 2.35. The Morgan fingerprint density at radius 2 is 2.11 bits per heavy atom. The van der Waals surface area contributed by atoms with Gasteiger partial charge in [-0.3, -0.25) is 0 Å². The second-order valence-corrected chi connectivity index (χ2v) is 17.4. The van der Waals surface area contributed by atoms with Crippen LogP contribution in [-0.4, -0.2) is 38.6 Å². The van der Waals surface area contributed by atoms with Gasteiger partial charge < -0.3 is 4.74 Å². The first-order valence-electron chi connectivity index (χ1n) is 7.20. The molecule has 5 heteroatoms. The molecule has 0 spiro atoms. The predicted octanol–water partition coefficient (Wildman–Crippen LogP) is 2.94. The topological polar surface area (TPSA) is 26.3 Å². The third-order valence-corrected chi connectivity index (χ3v) is 15.7. The van der Waals surface area contributed by atoms with Crippen molar-refractivity contribution >= 4 is 32.4 Å². The highest BCUT2D eigenvalue weighted by Gasteiger charge is 2.25. The van der Waals surface area contributed by atoms with Gasteiger partial charge >= 0.3 is 5.97 Å². The van der Waals surface area contributed by atoms with Crippen LogP contribution in [0.2, 0.25) is 43.4 Å². The zero-order valence-electron chi connectivity index (χ0n) is 13.1. The van der Waals surface area contributed by atoms with Gasteiger partial charge in [-0.15, -0.1) is 6.58 Å². The van der Waals surface area contributed by atoms with Gasteiger partial charge in [0, 0.05) is 24.4 Å². The van der Waals surface area contributed by atoms with Crippen LogP contribution in [0.3, 0.4) is 0 Å². The van der Waals surface area contributed by atoms with Gasteiger partial charge in [-0.2, -0.15) is 0 Å². The first-order chi connectivity index (χ1) is 8.76. The van der Waals surface area contributed by atoms with Gasteiger partial charge in [-0.25, -0.2) is 4.79 Å². The number of hydrogen-bond acceptors (Lipinski definition) is 2. The second kappa shape index (κ2) is 9.50. The fourth-order valence-corrected chi connectivity index (χ4v) is 16.5. The van der Waals surface area contributed by atoms with Crippen molar-refractivity contribution in [2.75, 3.05) is 6.23 Å². The van der Waals surface area contributed by atoms with Gasteiger partial charge in [-0.05, 0) is 13.0 Å². The minimum Gasteiger partial charge on any atom is -0.466 e. The molecule has 0 aromatic carbocycles. The van der Waals surface area contributed by atoms with Gasteiger partial charge in [0.15, 0.2) is 0 Å². The summed E-state index contributed by atoms with van der Waals surface area (Å²) in [5.41, 5.74) is 2.73. The zero-order chi connectivity index (χ0) is 14.9. The molecule has 0 N–H and O–H groups in total. The van der Waals surface area contributed by atoms with Crippen LogP contribution in [-0.2, 0) is 9.53 Å². The molecule has 0 aliphatic heterocycles. The van der Waals surface area contributed by atoms with Gasteiger partial charge in [0.05, 0.1) is 14.3 Å². The lowest BCUT2D eigenvalue weighted by Gasteiger charge is -2.24. The van der Waals surface area contributed by atoms with Gasteiger partial charge in [0.2, 0.25) is 0 Å². The predicted molar refractivity (Wildman–Crippen MR) is 94.2 cm³/mol. The maximum Gasteiger partial charge on any atom is 0.329 e. The Hall–Kier alpha value is -0.399. The molecule has 0 aliphatic rings. The molecule has 0 heterocycles. The van der Waals surface area contributed by atoms with Crippen molar-refractivity contribution in [1.29, 1.82) is 0 Å². The average molecular weight is 315 g/mol. The van der Waals surface area contributed by atoms with E-state index in [1.54, 1.807) is 0 Å². The molecule has 0 aromatic heterocycles. The molecule has 2 nitrogen and oxygen atoms in total. The van der Waals surface area contributed by atoms with E-state index in [0.29, 0.717) is 6.23 Å². The largest absolute Gasteiger partial charge is 0.466 e. The van der Waals surface area contributed by atoms with Crippen LogP contribution in [0.4, 0.5) is 0 Å². The highest BCUT2D eigenvalue weighted by atomic mass is 28.4. The summed E-state index contributed by atoms with van der Waals surface area (Å²) in [6.45, 7) is 16.7. The molecule has 0 fully saturated rings. The van der Waals surface area contributed by atoms with Crippen LogP contribution in [0.25, 0.3) is 0 Å². The molecule has 0 rings (SSSR count). The highest BCUT2D eigenvalue weighted by Crippen LogP contribution is 2.16. The van der Waals surface area contributed by atoms with Crippen LogP contribution in [0.15, 0.2) is 24.8 Å². The lowest BCUT2D eigenvalue weighted by molar-refractivity contribution is -0.136. The summed E-state index contributed by atoms with van der Waals surface area (Å²) in [5.74, 6) is -0.274. The quantitative estimate of drug-likeness (QED) is 0.204. The number of ether oxygens (including phenoxy) is 1. The Kier molecular flexibility index (Phi) is 9.30. The van der Waals surface area contributed by atoms with E-state index in [1.807, 2.05) is 0 Å². The molecule has 0 radical (unpaired) electrons. The third-order valence-electron chi connectivity index (χ3n) is 3.22. The third kappa shape index (κ3) is 11.1. The normalized spacial score (nSPS) is 13.5. The van der Waals surface area contributed by atoms with Crippen molar-refractivity contribution < 1.29 is 9.53 Å². The van der Waals surface area contributed by atoms with E-state index < -0.39 is 16.9 Å². The fraction of sp³-hybridized carbons (Fsp3) is 0.643. The number of rotatable bonds is 10. The van der Waals surface area contributed by atoms with Crippen molar-refractivity contribution in [3.63, 3.8) is 0 Å². The van der Waals surface area contributed by atoms with E-state index in [9.17, 15) is 4.79 Å². The van der Waals surface area contributed by atoms with Crippen molar-refractivity contribution in [1.82, 2.24) is 0 Å². The maximum absolute atomic E-state index is 11.1. The van der Waals surface area contributed by atoms with Crippen LogP contribution >= 0.6 is 0 Å². The summed E-state index contributed by atoms with van der Waals surface area (Å²) in [5, 5.41) is 0. The summed E-state index contributed by atoms with van der Waals surface area (Å²) < 4.78 is 5.24. The minimum absolute atomic E-state index is 0.0918. The minimum atomic E-state index is -1.36. The lowest BCUT2D eigenvalue weighted by atomic mass is 10.4. The monoisotopic (exact) mass is 314 g/mol. The Labute approximate surface area is 123 Å². The summed E-state index contributed by atoms with van der Waals surface area (Å²) in [6, 6.07) is 4.24. The number of carbonyl (C=O) groups excluding carboxylic acids is 1. The van der Waals surface area contributed by atoms with E-state index >= 15 is 0 Å². The smallest absolute Gasteiger partial charge is 0.329 e. The lowest BCUT2D eigenvalue weighted by Crippen LogP contribution is -2.38. The number of allylic oxidation sites excluding steroid dienone is 1.